The van der Waals surface area contributed by atoms with Crippen LogP contribution in [0.1, 0.15) is 10.4 Å². The molecular weight excluding hydrogens is 307 g/mol. The Hall–Kier alpha value is -2.35. The van der Waals surface area contributed by atoms with Gasteiger partial charge in [0.25, 0.3) is 0 Å². The molecule has 1 amide bonds. The van der Waals surface area contributed by atoms with Crippen molar-refractivity contribution in [3.8, 4) is 11.1 Å². The number of hydrogen-bond acceptors (Lipinski definition) is 3. The van der Waals surface area contributed by atoms with Crippen molar-refractivity contribution >= 4 is 28.2 Å². The summed E-state index contributed by atoms with van der Waals surface area (Å²) in [5.41, 5.74) is 0.438. The highest BCUT2D eigenvalue weighted by molar-refractivity contribution is 7.15. The van der Waals surface area contributed by atoms with Gasteiger partial charge in [0, 0.05) is 10.9 Å². The maximum atomic E-state index is 12.2. The van der Waals surface area contributed by atoms with E-state index in [0.717, 1.165) is 11.3 Å². The third-order valence-electron chi connectivity index (χ3n) is 2.57. The summed E-state index contributed by atoms with van der Waals surface area (Å²) in [5.74, 6) is -3.61. The second-order valence-corrected chi connectivity index (χ2v) is 4.86. The largest absolute Gasteiger partial charge is 0.478 e. The molecule has 0 fully saturated rings. The summed E-state index contributed by atoms with van der Waals surface area (Å²) in [6, 6.07) is 8.33. The second-order valence-electron chi connectivity index (χ2n) is 3.98. The highest BCUT2D eigenvalue weighted by Gasteiger charge is 2.39. The highest BCUT2D eigenvalue weighted by Crippen LogP contribution is 2.36. The number of alkyl halides is 3. The van der Waals surface area contributed by atoms with E-state index in [2.05, 4.69) is 0 Å². The fourth-order valence-corrected chi connectivity index (χ4v) is 2.62. The van der Waals surface area contributed by atoms with Crippen molar-refractivity contribution in [1.29, 1.82) is 0 Å². The molecule has 0 atom stereocenters. The van der Waals surface area contributed by atoms with Crippen molar-refractivity contribution in [2.75, 3.05) is 5.32 Å². The van der Waals surface area contributed by atoms with E-state index in [1.165, 1.54) is 5.38 Å². The average molecular weight is 315 g/mol. The van der Waals surface area contributed by atoms with Crippen LogP contribution in [-0.2, 0) is 4.79 Å². The van der Waals surface area contributed by atoms with Crippen LogP contribution in [-0.4, -0.2) is 23.2 Å². The predicted molar refractivity (Wildman–Crippen MR) is 71.4 cm³/mol. The van der Waals surface area contributed by atoms with Gasteiger partial charge in [-0.15, -0.1) is 11.3 Å². The van der Waals surface area contributed by atoms with Crippen molar-refractivity contribution in [2.45, 2.75) is 6.18 Å². The smallest absolute Gasteiger partial charge is 0.471 e. The molecule has 2 aromatic rings. The van der Waals surface area contributed by atoms with E-state index >= 15 is 0 Å². The summed E-state index contributed by atoms with van der Waals surface area (Å²) in [4.78, 5) is 22.2. The van der Waals surface area contributed by atoms with Gasteiger partial charge in [0.1, 0.15) is 10.6 Å². The van der Waals surface area contributed by atoms with Crippen LogP contribution in [0.5, 0.6) is 0 Å². The van der Waals surface area contributed by atoms with Crippen molar-refractivity contribution < 1.29 is 27.9 Å². The van der Waals surface area contributed by atoms with Gasteiger partial charge in [0.2, 0.25) is 0 Å². The molecule has 0 aliphatic rings. The van der Waals surface area contributed by atoms with Gasteiger partial charge in [-0.05, 0) is 5.56 Å². The molecule has 0 unspecified atom stereocenters. The molecular formula is C13H8F3NO3S. The Labute approximate surface area is 120 Å². The lowest BCUT2D eigenvalue weighted by molar-refractivity contribution is -0.167. The van der Waals surface area contributed by atoms with Gasteiger partial charge in [0.05, 0.1) is 0 Å². The quantitative estimate of drug-likeness (QED) is 0.909. The number of carbonyl (C=O) groups excluding carboxylic acids is 1. The van der Waals surface area contributed by atoms with Gasteiger partial charge in [0.15, 0.2) is 0 Å². The van der Waals surface area contributed by atoms with Crippen molar-refractivity contribution in [1.82, 2.24) is 0 Å². The van der Waals surface area contributed by atoms with Gasteiger partial charge in [-0.1, -0.05) is 30.3 Å². The summed E-state index contributed by atoms with van der Waals surface area (Å²) < 4.78 is 36.7. The van der Waals surface area contributed by atoms with E-state index in [-0.39, 0.29) is 16.1 Å². The normalized spacial score (nSPS) is 11.2. The molecule has 2 N–H and O–H groups in total. The third-order valence-corrected chi connectivity index (χ3v) is 3.47. The maximum absolute atomic E-state index is 12.2. The molecule has 1 aromatic carbocycles. The van der Waals surface area contributed by atoms with Crippen LogP contribution >= 0.6 is 11.3 Å². The number of hydrogen-bond donors (Lipinski definition) is 2. The van der Waals surface area contributed by atoms with E-state index in [9.17, 15) is 27.9 Å². The third kappa shape index (κ3) is 3.22. The Balaban J connectivity index is 2.44. The van der Waals surface area contributed by atoms with Crippen molar-refractivity contribution in [3.63, 3.8) is 0 Å². The molecule has 0 saturated carbocycles. The number of amides is 1. The van der Waals surface area contributed by atoms with Crippen LogP contribution in [0.15, 0.2) is 35.7 Å². The number of thiophene rings is 1. The van der Waals surface area contributed by atoms with Crippen molar-refractivity contribution in [2.24, 2.45) is 0 Å². The molecule has 1 aromatic heterocycles. The minimum atomic E-state index is -5.08. The molecule has 8 heteroatoms. The van der Waals surface area contributed by atoms with Crippen LogP contribution in [0.25, 0.3) is 11.1 Å². The SMILES string of the molecule is O=C(O)c1c(-c2ccccc2)csc1NC(=O)C(F)(F)F. The predicted octanol–water partition coefficient (Wildman–Crippen LogP) is 3.61. The zero-order valence-corrected chi connectivity index (χ0v) is 11.1. The summed E-state index contributed by atoms with van der Waals surface area (Å²) in [6.45, 7) is 0. The lowest BCUT2D eigenvalue weighted by atomic mass is 10.0. The summed E-state index contributed by atoms with van der Waals surface area (Å²) in [5, 5.41) is 11.8. The van der Waals surface area contributed by atoms with Crippen LogP contribution in [0.2, 0.25) is 0 Å². The van der Waals surface area contributed by atoms with Crippen LogP contribution < -0.4 is 5.32 Å². The molecule has 0 radical (unpaired) electrons. The van der Waals surface area contributed by atoms with E-state index < -0.39 is 18.1 Å². The fourth-order valence-electron chi connectivity index (χ4n) is 1.67. The Morgan fingerprint density at radius 2 is 1.76 bits per heavy atom. The Kier molecular flexibility index (Phi) is 3.99. The number of nitrogens with one attached hydrogen (secondary N) is 1. The number of carboxylic acid groups (broad SMARTS) is 1. The van der Waals surface area contributed by atoms with Gasteiger partial charge < -0.3 is 10.4 Å². The highest BCUT2D eigenvalue weighted by atomic mass is 32.1. The lowest BCUT2D eigenvalue weighted by Gasteiger charge is -2.07. The Morgan fingerprint density at radius 3 is 2.29 bits per heavy atom. The second kappa shape index (κ2) is 5.57. The number of carbonyl (C=O) groups is 2. The van der Waals surface area contributed by atoms with Gasteiger partial charge in [-0.3, -0.25) is 4.79 Å². The van der Waals surface area contributed by atoms with Crippen LogP contribution in [0.4, 0.5) is 18.2 Å². The number of carboxylic acids is 1. The lowest BCUT2D eigenvalue weighted by Crippen LogP contribution is -2.30. The number of benzene rings is 1. The first-order valence-electron chi connectivity index (χ1n) is 5.59. The fraction of sp³-hybridized carbons (Fsp3) is 0.0769. The molecule has 0 bridgehead atoms. The van der Waals surface area contributed by atoms with E-state index in [1.54, 1.807) is 35.6 Å². The molecule has 0 aliphatic heterocycles. The van der Waals surface area contributed by atoms with Gasteiger partial charge in [-0.25, -0.2) is 4.79 Å². The summed E-state index contributed by atoms with van der Waals surface area (Å²) >= 11 is 0.731. The first kappa shape index (κ1) is 15.0. The van der Waals surface area contributed by atoms with Crippen LogP contribution in [0, 0.1) is 0 Å². The number of aromatic carboxylic acids is 1. The molecule has 110 valence electrons. The van der Waals surface area contributed by atoms with E-state index in [4.69, 9.17) is 0 Å². The first-order valence-corrected chi connectivity index (χ1v) is 6.47. The summed E-state index contributed by atoms with van der Waals surface area (Å²) in [7, 11) is 0. The Morgan fingerprint density at radius 1 is 1.14 bits per heavy atom. The van der Waals surface area contributed by atoms with Gasteiger partial charge in [-0.2, -0.15) is 13.2 Å². The molecule has 0 spiro atoms. The molecule has 2 rings (SSSR count). The number of rotatable bonds is 3. The van der Waals surface area contributed by atoms with Gasteiger partial charge >= 0.3 is 18.1 Å². The topological polar surface area (TPSA) is 66.4 Å². The van der Waals surface area contributed by atoms with E-state index in [1.807, 2.05) is 0 Å². The maximum Gasteiger partial charge on any atom is 0.471 e. The zero-order valence-electron chi connectivity index (χ0n) is 10.3. The monoisotopic (exact) mass is 315 g/mol. The minimum absolute atomic E-state index is 0.255. The number of halogens is 3. The zero-order chi connectivity index (χ0) is 15.6. The molecule has 0 aliphatic carbocycles. The molecule has 4 nitrogen and oxygen atoms in total. The van der Waals surface area contributed by atoms with E-state index in [0.29, 0.717) is 5.56 Å². The van der Waals surface area contributed by atoms with Crippen molar-refractivity contribution in [3.05, 3.63) is 41.3 Å². The average Bonchev–Trinajstić information content (AvgIpc) is 2.82. The first-order chi connectivity index (χ1) is 9.80. The number of anilines is 1. The molecule has 21 heavy (non-hydrogen) atoms. The minimum Gasteiger partial charge on any atom is -0.478 e. The summed E-state index contributed by atoms with van der Waals surface area (Å²) in [6.07, 6.45) is -5.08. The molecule has 0 saturated heterocycles. The van der Waals surface area contributed by atoms with Crippen LogP contribution in [0.3, 0.4) is 0 Å². The standard InChI is InChI=1S/C13H8F3NO3S/c14-13(15,16)12(20)17-10-9(11(18)19)8(6-21-10)7-4-2-1-3-5-7/h1-6H,(H,17,20)(H,18,19). The Bertz CT molecular complexity index is 680. The molecule has 1 heterocycles.